The molecule has 0 aliphatic rings. The maximum Gasteiger partial charge on any atom is 0.416 e. The summed E-state index contributed by atoms with van der Waals surface area (Å²) < 4.78 is 52.1. The van der Waals surface area contributed by atoms with Crippen LogP contribution in [0.15, 0.2) is 84.0 Å². The minimum Gasteiger partial charge on any atom is -0.497 e. The standard InChI is InChI=1S/C31H25ClF3N5O4S/c1-43-20-11-13-26(44-2)25(15-20)40-27(16-36-29(42)22-9-5-7-18-6-3-4-8-21(18)22)38-39-30(40)45-17-28(41)37-24-14-19(31(33,34)35)10-12-23(24)32/h3-15H,16-17H2,1-2H3,(H,36,42)(H,37,41). The van der Waals surface area contributed by atoms with Gasteiger partial charge in [0.2, 0.25) is 5.91 Å². The van der Waals surface area contributed by atoms with Gasteiger partial charge in [0.05, 0.1) is 48.5 Å². The molecule has 0 unspecified atom stereocenters. The molecule has 14 heteroatoms. The van der Waals surface area contributed by atoms with Gasteiger partial charge in [-0.25, -0.2) is 0 Å². The Labute approximate surface area is 264 Å². The summed E-state index contributed by atoms with van der Waals surface area (Å²) in [5.41, 5.74) is -0.169. The molecule has 2 N–H and O–H groups in total. The molecule has 0 spiro atoms. The van der Waals surface area contributed by atoms with Crippen molar-refractivity contribution in [3.8, 4) is 17.2 Å². The predicted octanol–water partition coefficient (Wildman–Crippen LogP) is 6.77. The molecule has 0 saturated carbocycles. The van der Waals surface area contributed by atoms with Gasteiger partial charge in [0.15, 0.2) is 11.0 Å². The first-order valence-electron chi connectivity index (χ1n) is 13.3. The zero-order chi connectivity index (χ0) is 32.1. The Morgan fingerprint density at radius 3 is 2.49 bits per heavy atom. The van der Waals surface area contributed by atoms with Crippen molar-refractivity contribution >= 4 is 51.6 Å². The molecule has 4 aromatic carbocycles. The van der Waals surface area contributed by atoms with E-state index in [1.165, 1.54) is 14.2 Å². The third-order valence-corrected chi connectivity index (χ3v) is 7.93. The number of amides is 2. The molecule has 0 aliphatic heterocycles. The van der Waals surface area contributed by atoms with Crippen molar-refractivity contribution in [1.29, 1.82) is 0 Å². The van der Waals surface area contributed by atoms with Crippen LogP contribution in [0.2, 0.25) is 5.02 Å². The van der Waals surface area contributed by atoms with Crippen LogP contribution >= 0.6 is 23.4 Å². The van der Waals surface area contributed by atoms with Crippen LogP contribution in [-0.2, 0) is 17.5 Å². The Morgan fingerprint density at radius 2 is 1.73 bits per heavy atom. The van der Waals surface area contributed by atoms with E-state index in [-0.39, 0.29) is 34.1 Å². The third-order valence-electron chi connectivity index (χ3n) is 6.67. The number of carbonyl (C=O) groups is 2. The molecule has 0 radical (unpaired) electrons. The van der Waals surface area contributed by atoms with Crippen LogP contribution in [0.4, 0.5) is 18.9 Å². The average molecular weight is 656 g/mol. The smallest absolute Gasteiger partial charge is 0.416 e. The van der Waals surface area contributed by atoms with E-state index in [4.69, 9.17) is 21.1 Å². The largest absolute Gasteiger partial charge is 0.497 e. The summed E-state index contributed by atoms with van der Waals surface area (Å²) in [6, 6.07) is 20.7. The van der Waals surface area contributed by atoms with Crippen LogP contribution in [0.25, 0.3) is 16.5 Å². The zero-order valence-electron chi connectivity index (χ0n) is 23.8. The number of methoxy groups -OCH3 is 2. The number of alkyl halides is 3. The molecule has 45 heavy (non-hydrogen) atoms. The van der Waals surface area contributed by atoms with Crippen molar-refractivity contribution in [3.63, 3.8) is 0 Å². The molecular formula is C31H25ClF3N5O4S. The lowest BCUT2D eigenvalue weighted by atomic mass is 10.0. The van der Waals surface area contributed by atoms with Gasteiger partial charge < -0.3 is 20.1 Å². The molecule has 5 aromatic rings. The first kappa shape index (κ1) is 31.7. The molecule has 1 heterocycles. The van der Waals surface area contributed by atoms with Gasteiger partial charge in [0.1, 0.15) is 11.5 Å². The van der Waals surface area contributed by atoms with Crippen LogP contribution in [0.3, 0.4) is 0 Å². The first-order valence-corrected chi connectivity index (χ1v) is 14.7. The van der Waals surface area contributed by atoms with Crippen molar-refractivity contribution in [3.05, 3.63) is 101 Å². The summed E-state index contributed by atoms with van der Waals surface area (Å²) in [7, 11) is 2.98. The highest BCUT2D eigenvalue weighted by atomic mass is 35.5. The highest BCUT2D eigenvalue weighted by Crippen LogP contribution is 2.35. The summed E-state index contributed by atoms with van der Waals surface area (Å²) >= 11 is 7.01. The molecule has 9 nitrogen and oxygen atoms in total. The number of benzene rings is 4. The highest BCUT2D eigenvalue weighted by Gasteiger charge is 2.31. The number of aromatic nitrogens is 3. The SMILES string of the molecule is COc1ccc(OC)c(-n2c(CNC(=O)c3cccc4ccccc34)nnc2SCC(=O)Nc2cc(C(F)(F)F)ccc2Cl)c1. The number of hydrogen-bond donors (Lipinski definition) is 2. The second-order valence-corrected chi connectivity index (χ2v) is 10.9. The first-order chi connectivity index (χ1) is 21.6. The molecule has 0 atom stereocenters. The number of halogens is 4. The molecule has 0 bridgehead atoms. The summed E-state index contributed by atoms with van der Waals surface area (Å²) in [6.07, 6.45) is -4.61. The maximum atomic E-state index is 13.3. The topological polar surface area (TPSA) is 107 Å². The van der Waals surface area contributed by atoms with E-state index < -0.39 is 17.6 Å². The molecule has 0 aliphatic carbocycles. The third kappa shape index (κ3) is 7.15. The second-order valence-electron chi connectivity index (χ2n) is 9.51. The predicted molar refractivity (Wildman–Crippen MR) is 165 cm³/mol. The number of carbonyl (C=O) groups excluding carboxylic acids is 2. The Balaban J connectivity index is 1.41. The Bertz CT molecular complexity index is 1880. The number of ether oxygens (including phenoxy) is 2. The second kappa shape index (κ2) is 13.5. The van der Waals surface area contributed by atoms with Crippen molar-refractivity contribution in [1.82, 2.24) is 20.1 Å². The summed E-state index contributed by atoms with van der Waals surface area (Å²) in [6.45, 7) is -0.0397. The van der Waals surface area contributed by atoms with Crippen LogP contribution in [-0.4, -0.2) is 46.6 Å². The fourth-order valence-electron chi connectivity index (χ4n) is 4.51. The number of rotatable bonds is 10. The van der Waals surface area contributed by atoms with Gasteiger partial charge in [-0.15, -0.1) is 10.2 Å². The van der Waals surface area contributed by atoms with E-state index >= 15 is 0 Å². The lowest BCUT2D eigenvalue weighted by Gasteiger charge is -2.16. The molecular weight excluding hydrogens is 631 g/mol. The minimum absolute atomic E-state index is 0.0397. The quantitative estimate of drug-likeness (QED) is 0.160. The minimum atomic E-state index is -4.61. The number of fused-ring (bicyclic) bond motifs is 1. The van der Waals surface area contributed by atoms with E-state index in [1.54, 1.807) is 34.9 Å². The highest BCUT2D eigenvalue weighted by molar-refractivity contribution is 7.99. The van der Waals surface area contributed by atoms with E-state index in [2.05, 4.69) is 20.8 Å². The van der Waals surface area contributed by atoms with Gasteiger partial charge in [-0.2, -0.15) is 13.2 Å². The molecule has 1 aromatic heterocycles. The molecule has 232 valence electrons. The number of nitrogens with zero attached hydrogens (tertiary/aromatic N) is 3. The average Bonchev–Trinajstić information content (AvgIpc) is 3.45. The van der Waals surface area contributed by atoms with Gasteiger partial charge >= 0.3 is 6.18 Å². The number of thioether (sulfide) groups is 1. The lowest BCUT2D eigenvalue weighted by Crippen LogP contribution is -2.25. The molecule has 5 rings (SSSR count). The zero-order valence-corrected chi connectivity index (χ0v) is 25.4. The van der Waals surface area contributed by atoms with Gasteiger partial charge in [-0.3, -0.25) is 14.2 Å². The number of anilines is 1. The fourth-order valence-corrected chi connectivity index (χ4v) is 5.44. The van der Waals surface area contributed by atoms with Gasteiger partial charge in [-0.1, -0.05) is 59.8 Å². The van der Waals surface area contributed by atoms with E-state index in [0.717, 1.165) is 40.7 Å². The lowest BCUT2D eigenvalue weighted by molar-refractivity contribution is -0.137. The Morgan fingerprint density at radius 1 is 0.956 bits per heavy atom. The number of hydrogen-bond acceptors (Lipinski definition) is 7. The molecule has 2 amide bonds. The van der Waals surface area contributed by atoms with Crippen molar-refractivity contribution in [2.45, 2.75) is 17.9 Å². The summed E-state index contributed by atoms with van der Waals surface area (Å²) in [5.74, 6) is 0.0420. The molecule has 0 saturated heterocycles. The Hall–Kier alpha value is -4.75. The Kier molecular flexibility index (Phi) is 9.49. The van der Waals surface area contributed by atoms with Gasteiger partial charge in [0, 0.05) is 11.6 Å². The van der Waals surface area contributed by atoms with Crippen LogP contribution in [0.5, 0.6) is 11.5 Å². The summed E-state index contributed by atoms with van der Waals surface area (Å²) in [4.78, 5) is 26.1. The monoisotopic (exact) mass is 655 g/mol. The normalized spacial score (nSPS) is 11.3. The maximum absolute atomic E-state index is 13.3. The van der Waals surface area contributed by atoms with Crippen molar-refractivity contribution < 1.29 is 32.2 Å². The van der Waals surface area contributed by atoms with E-state index in [1.807, 2.05) is 30.3 Å². The molecule has 0 fully saturated rings. The fraction of sp³-hybridized carbons (Fsp3) is 0.161. The number of nitrogens with one attached hydrogen (secondary N) is 2. The van der Waals surface area contributed by atoms with Crippen LogP contribution in [0, 0.1) is 0 Å². The van der Waals surface area contributed by atoms with E-state index in [9.17, 15) is 22.8 Å². The van der Waals surface area contributed by atoms with Gasteiger partial charge in [-0.05, 0) is 47.2 Å². The van der Waals surface area contributed by atoms with E-state index in [0.29, 0.717) is 28.6 Å². The van der Waals surface area contributed by atoms with Crippen LogP contribution in [0.1, 0.15) is 21.7 Å². The van der Waals surface area contributed by atoms with Crippen molar-refractivity contribution in [2.24, 2.45) is 0 Å². The van der Waals surface area contributed by atoms with Crippen molar-refractivity contribution in [2.75, 3.05) is 25.3 Å². The van der Waals surface area contributed by atoms with Gasteiger partial charge in [0.25, 0.3) is 5.91 Å². The van der Waals surface area contributed by atoms with Crippen LogP contribution < -0.4 is 20.1 Å². The summed E-state index contributed by atoms with van der Waals surface area (Å²) in [5, 5.41) is 15.7.